The largest absolute Gasteiger partial charge is 0.384 e. The van der Waals surface area contributed by atoms with Gasteiger partial charge in [0.05, 0.1) is 0 Å². The van der Waals surface area contributed by atoms with Crippen LogP contribution in [0, 0.1) is 0 Å². The van der Waals surface area contributed by atoms with Gasteiger partial charge in [0.25, 0.3) is 5.91 Å². The molecule has 0 aromatic carbocycles. The van der Waals surface area contributed by atoms with Crippen molar-refractivity contribution in [1.29, 1.82) is 0 Å². The van der Waals surface area contributed by atoms with Crippen LogP contribution >= 0.6 is 0 Å². The molecule has 98 valence electrons. The Hall–Kier alpha value is -1.46. The van der Waals surface area contributed by atoms with Crippen molar-refractivity contribution in [2.45, 2.75) is 19.6 Å². The summed E-state index contributed by atoms with van der Waals surface area (Å²) in [6.45, 7) is 5.43. The Morgan fingerprint density at radius 1 is 1.44 bits per heavy atom. The van der Waals surface area contributed by atoms with Crippen molar-refractivity contribution in [3.63, 3.8) is 0 Å². The molecule has 1 aliphatic heterocycles. The van der Waals surface area contributed by atoms with Crippen LogP contribution in [0.2, 0.25) is 0 Å². The Balaban J connectivity index is 1.82. The lowest BCUT2D eigenvalue weighted by atomic mass is 10.2. The fourth-order valence-corrected chi connectivity index (χ4v) is 2.14. The Morgan fingerprint density at radius 2 is 2.17 bits per heavy atom. The lowest BCUT2D eigenvalue weighted by molar-refractivity contribution is -0.141. The summed E-state index contributed by atoms with van der Waals surface area (Å²) in [7, 11) is 0. The van der Waals surface area contributed by atoms with Gasteiger partial charge in [-0.2, -0.15) is 0 Å². The molecule has 5 heteroatoms. The summed E-state index contributed by atoms with van der Waals surface area (Å²) in [5, 5.41) is 9.26. The fraction of sp³-hybridized carbons (Fsp3) is 0.538. The number of carbonyl (C=O) groups excluding carboxylic acids is 1. The van der Waals surface area contributed by atoms with Crippen molar-refractivity contribution in [3.05, 3.63) is 30.1 Å². The van der Waals surface area contributed by atoms with Crippen LogP contribution in [-0.4, -0.2) is 58.1 Å². The molecule has 2 heterocycles. The summed E-state index contributed by atoms with van der Waals surface area (Å²) < 4.78 is 0. The second kappa shape index (κ2) is 5.93. The van der Waals surface area contributed by atoms with E-state index in [9.17, 15) is 9.90 Å². The second-order valence-corrected chi connectivity index (χ2v) is 4.64. The molecule has 0 radical (unpaired) electrons. The van der Waals surface area contributed by atoms with Crippen LogP contribution in [0.15, 0.2) is 24.5 Å². The molecule has 1 aromatic heterocycles. The van der Waals surface area contributed by atoms with Gasteiger partial charge in [0, 0.05) is 45.1 Å². The number of piperazine rings is 1. The summed E-state index contributed by atoms with van der Waals surface area (Å²) in [5.41, 5.74) is 1.19. The molecular formula is C13H19N3O2. The quantitative estimate of drug-likeness (QED) is 0.826. The van der Waals surface area contributed by atoms with E-state index in [1.54, 1.807) is 11.1 Å². The number of rotatable bonds is 3. The molecule has 2 rings (SSSR count). The Bertz CT molecular complexity index is 386. The van der Waals surface area contributed by atoms with Crippen LogP contribution in [0.25, 0.3) is 0 Å². The van der Waals surface area contributed by atoms with Crippen LogP contribution in [0.3, 0.4) is 0 Å². The van der Waals surface area contributed by atoms with Crippen LogP contribution in [-0.2, 0) is 11.3 Å². The van der Waals surface area contributed by atoms with E-state index < -0.39 is 6.10 Å². The maximum absolute atomic E-state index is 11.6. The summed E-state index contributed by atoms with van der Waals surface area (Å²) in [6, 6.07) is 3.99. The third kappa shape index (κ3) is 3.27. The zero-order valence-corrected chi connectivity index (χ0v) is 10.6. The maximum atomic E-state index is 11.6. The fourth-order valence-electron chi connectivity index (χ4n) is 2.14. The van der Waals surface area contributed by atoms with E-state index in [1.807, 2.05) is 12.3 Å². The Morgan fingerprint density at radius 3 is 2.72 bits per heavy atom. The van der Waals surface area contributed by atoms with Gasteiger partial charge in [-0.25, -0.2) is 0 Å². The minimum atomic E-state index is -0.894. The van der Waals surface area contributed by atoms with E-state index in [1.165, 1.54) is 12.5 Å². The van der Waals surface area contributed by atoms with Gasteiger partial charge in [-0.1, -0.05) is 6.07 Å². The normalized spacial score (nSPS) is 18.7. The molecule has 1 N–H and O–H groups in total. The average molecular weight is 249 g/mol. The highest BCUT2D eigenvalue weighted by Gasteiger charge is 2.23. The van der Waals surface area contributed by atoms with Crippen molar-refractivity contribution >= 4 is 5.91 Å². The maximum Gasteiger partial charge on any atom is 0.251 e. The highest BCUT2D eigenvalue weighted by molar-refractivity contribution is 5.80. The zero-order chi connectivity index (χ0) is 13.0. The number of aliphatic hydroxyl groups excluding tert-OH is 1. The number of hydrogen-bond donors (Lipinski definition) is 1. The van der Waals surface area contributed by atoms with Crippen LogP contribution in [0.5, 0.6) is 0 Å². The molecule has 1 atom stereocenters. The van der Waals surface area contributed by atoms with E-state index >= 15 is 0 Å². The van der Waals surface area contributed by atoms with Gasteiger partial charge in [-0.15, -0.1) is 0 Å². The van der Waals surface area contributed by atoms with Crippen molar-refractivity contribution in [2.75, 3.05) is 26.2 Å². The summed E-state index contributed by atoms with van der Waals surface area (Å²) in [4.78, 5) is 19.7. The molecule has 1 aromatic rings. The minimum Gasteiger partial charge on any atom is -0.384 e. The number of pyridine rings is 1. The van der Waals surface area contributed by atoms with E-state index in [0.717, 1.165) is 19.6 Å². The molecule has 1 unspecified atom stereocenters. The van der Waals surface area contributed by atoms with Gasteiger partial charge in [-0.3, -0.25) is 14.7 Å². The number of carbonyl (C=O) groups is 1. The average Bonchev–Trinajstić information content (AvgIpc) is 2.40. The molecule has 1 saturated heterocycles. The van der Waals surface area contributed by atoms with E-state index in [0.29, 0.717) is 13.1 Å². The van der Waals surface area contributed by atoms with Crippen LogP contribution in [0.4, 0.5) is 0 Å². The highest BCUT2D eigenvalue weighted by atomic mass is 16.3. The van der Waals surface area contributed by atoms with Gasteiger partial charge in [0.2, 0.25) is 0 Å². The third-order valence-corrected chi connectivity index (χ3v) is 3.17. The molecule has 1 amide bonds. The monoisotopic (exact) mass is 249 g/mol. The standard InChI is InChI=1S/C13H19N3O2/c1-11(17)13(18)16-7-5-15(6-8-16)10-12-3-2-4-14-9-12/h2-4,9,11,17H,5-8,10H2,1H3. The van der Waals surface area contributed by atoms with E-state index in [2.05, 4.69) is 16.0 Å². The second-order valence-electron chi connectivity index (χ2n) is 4.64. The van der Waals surface area contributed by atoms with Crippen LogP contribution in [0.1, 0.15) is 12.5 Å². The lowest BCUT2D eigenvalue weighted by Gasteiger charge is -2.35. The third-order valence-electron chi connectivity index (χ3n) is 3.17. The van der Waals surface area contributed by atoms with E-state index in [4.69, 9.17) is 0 Å². The molecule has 18 heavy (non-hydrogen) atoms. The molecule has 1 aliphatic rings. The van der Waals surface area contributed by atoms with Gasteiger partial charge < -0.3 is 10.0 Å². The van der Waals surface area contributed by atoms with Gasteiger partial charge >= 0.3 is 0 Å². The first-order chi connectivity index (χ1) is 8.66. The minimum absolute atomic E-state index is 0.170. The molecule has 0 spiro atoms. The molecule has 0 bridgehead atoms. The molecular weight excluding hydrogens is 230 g/mol. The first kappa shape index (κ1) is 13.0. The van der Waals surface area contributed by atoms with Crippen molar-refractivity contribution in [2.24, 2.45) is 0 Å². The molecule has 1 fully saturated rings. The van der Waals surface area contributed by atoms with Crippen molar-refractivity contribution < 1.29 is 9.90 Å². The predicted octanol–water partition coefficient (Wildman–Crippen LogP) is 0.107. The number of nitrogens with zero attached hydrogens (tertiary/aromatic N) is 3. The highest BCUT2D eigenvalue weighted by Crippen LogP contribution is 2.08. The number of aliphatic hydroxyl groups is 1. The van der Waals surface area contributed by atoms with Gasteiger partial charge in [0.1, 0.15) is 6.10 Å². The number of amides is 1. The number of hydrogen-bond acceptors (Lipinski definition) is 4. The summed E-state index contributed by atoms with van der Waals surface area (Å²) in [6.07, 6.45) is 2.74. The lowest BCUT2D eigenvalue weighted by Crippen LogP contribution is -2.50. The molecule has 0 aliphatic carbocycles. The van der Waals surface area contributed by atoms with E-state index in [-0.39, 0.29) is 5.91 Å². The Labute approximate surface area is 107 Å². The number of aromatic nitrogens is 1. The van der Waals surface area contributed by atoms with Gasteiger partial charge in [0.15, 0.2) is 0 Å². The zero-order valence-electron chi connectivity index (χ0n) is 10.6. The molecule has 0 saturated carbocycles. The van der Waals surface area contributed by atoms with Gasteiger partial charge in [-0.05, 0) is 18.6 Å². The summed E-state index contributed by atoms with van der Waals surface area (Å²) in [5.74, 6) is -0.170. The molecule has 5 nitrogen and oxygen atoms in total. The van der Waals surface area contributed by atoms with Crippen molar-refractivity contribution in [1.82, 2.24) is 14.8 Å². The Kier molecular flexibility index (Phi) is 4.28. The first-order valence-electron chi connectivity index (χ1n) is 6.25. The SMILES string of the molecule is CC(O)C(=O)N1CCN(Cc2cccnc2)CC1. The first-order valence-corrected chi connectivity index (χ1v) is 6.25. The smallest absolute Gasteiger partial charge is 0.251 e. The predicted molar refractivity (Wildman–Crippen MR) is 67.8 cm³/mol. The van der Waals surface area contributed by atoms with Crippen LogP contribution < -0.4 is 0 Å². The van der Waals surface area contributed by atoms with Crippen molar-refractivity contribution in [3.8, 4) is 0 Å². The topological polar surface area (TPSA) is 56.7 Å². The summed E-state index contributed by atoms with van der Waals surface area (Å²) >= 11 is 0.